The summed E-state index contributed by atoms with van der Waals surface area (Å²) in [4.78, 5) is 19.8. The van der Waals surface area contributed by atoms with Gasteiger partial charge in [-0.1, -0.05) is 5.21 Å². The van der Waals surface area contributed by atoms with Crippen molar-refractivity contribution in [1.29, 1.82) is 0 Å². The monoisotopic (exact) mass is 336 g/mol. The molecule has 0 saturated heterocycles. The molecule has 2 N–H and O–H groups in total. The van der Waals surface area contributed by atoms with Crippen molar-refractivity contribution in [2.75, 3.05) is 5.32 Å². The van der Waals surface area contributed by atoms with E-state index in [1.54, 1.807) is 17.1 Å². The molecule has 0 bridgehead atoms. The minimum absolute atomic E-state index is 0.173. The molecule has 1 aliphatic rings. The third kappa shape index (κ3) is 3.17. The Morgan fingerprint density at radius 2 is 2.08 bits per heavy atom. The first kappa shape index (κ1) is 15.6. The molecule has 3 heterocycles. The Morgan fingerprint density at radius 3 is 2.88 bits per heavy atom. The van der Waals surface area contributed by atoms with Gasteiger partial charge in [0.15, 0.2) is 5.82 Å². The smallest absolute Gasteiger partial charge is 0.273 e. The molecule has 128 valence electrons. The zero-order valence-electron chi connectivity index (χ0n) is 14.1. The number of aromatic nitrogens is 5. The molecule has 0 unspecified atom stereocenters. The number of nitrogens with one attached hydrogen (secondary N) is 2. The molecule has 1 amide bonds. The van der Waals surface area contributed by atoms with Gasteiger partial charge in [0.2, 0.25) is 0 Å². The Morgan fingerprint density at radius 1 is 1.28 bits per heavy atom. The topological polar surface area (TPSA) is 88.5 Å². The molecule has 25 heavy (non-hydrogen) atoms. The summed E-state index contributed by atoms with van der Waals surface area (Å²) in [6, 6.07) is 5.83. The lowest BCUT2D eigenvalue weighted by Crippen LogP contribution is -2.14. The Labute approximate surface area is 145 Å². The number of aromatic amines is 1. The molecule has 0 radical (unpaired) electrons. The maximum absolute atomic E-state index is 12.5. The van der Waals surface area contributed by atoms with Crippen LogP contribution in [0.3, 0.4) is 0 Å². The second-order valence-electron chi connectivity index (χ2n) is 6.38. The van der Waals surface area contributed by atoms with Crippen LogP contribution in [0.5, 0.6) is 0 Å². The molecule has 7 heteroatoms. The van der Waals surface area contributed by atoms with Crippen molar-refractivity contribution < 1.29 is 4.79 Å². The van der Waals surface area contributed by atoms with Crippen LogP contribution >= 0.6 is 0 Å². The summed E-state index contributed by atoms with van der Waals surface area (Å²) in [6.07, 6.45) is 7.92. The van der Waals surface area contributed by atoms with Gasteiger partial charge < -0.3 is 10.3 Å². The SMILES string of the molecule is Cc1c(NC(=O)c2cc3c([nH]2)CCCC3)nnn1Cc1ccncc1. The number of carbonyl (C=O) groups excluding carboxylic acids is 1. The maximum Gasteiger partial charge on any atom is 0.273 e. The average molecular weight is 336 g/mol. The van der Waals surface area contributed by atoms with Gasteiger partial charge in [0.05, 0.1) is 12.2 Å². The van der Waals surface area contributed by atoms with E-state index in [0.717, 1.165) is 24.1 Å². The number of fused-ring (bicyclic) bond motifs is 1. The van der Waals surface area contributed by atoms with Gasteiger partial charge in [-0.2, -0.15) is 0 Å². The van der Waals surface area contributed by atoms with Crippen molar-refractivity contribution >= 4 is 11.7 Å². The molecular weight excluding hydrogens is 316 g/mol. The fraction of sp³-hybridized carbons (Fsp3) is 0.333. The van der Waals surface area contributed by atoms with Gasteiger partial charge in [0, 0.05) is 18.1 Å². The van der Waals surface area contributed by atoms with E-state index in [-0.39, 0.29) is 5.91 Å². The van der Waals surface area contributed by atoms with Crippen LogP contribution in [0.25, 0.3) is 0 Å². The molecule has 0 fully saturated rings. The van der Waals surface area contributed by atoms with E-state index in [2.05, 4.69) is 25.6 Å². The zero-order valence-corrected chi connectivity index (χ0v) is 14.1. The molecule has 0 saturated carbocycles. The van der Waals surface area contributed by atoms with Crippen molar-refractivity contribution in [2.24, 2.45) is 0 Å². The van der Waals surface area contributed by atoms with Crippen LogP contribution in [-0.2, 0) is 19.4 Å². The lowest BCUT2D eigenvalue weighted by Gasteiger charge is -2.08. The lowest BCUT2D eigenvalue weighted by atomic mass is 9.98. The first-order valence-corrected chi connectivity index (χ1v) is 8.52. The third-order valence-corrected chi connectivity index (χ3v) is 4.66. The summed E-state index contributed by atoms with van der Waals surface area (Å²) < 4.78 is 1.77. The molecule has 3 aromatic rings. The summed E-state index contributed by atoms with van der Waals surface area (Å²) >= 11 is 0. The van der Waals surface area contributed by atoms with Crippen molar-refractivity contribution in [3.05, 3.63) is 58.8 Å². The molecule has 3 aromatic heterocycles. The summed E-state index contributed by atoms with van der Waals surface area (Å²) in [5, 5.41) is 11.1. The van der Waals surface area contributed by atoms with E-state index in [1.807, 2.05) is 25.1 Å². The number of carbonyl (C=O) groups is 1. The van der Waals surface area contributed by atoms with Crippen LogP contribution < -0.4 is 5.32 Å². The summed E-state index contributed by atoms with van der Waals surface area (Å²) in [5.74, 6) is 0.320. The van der Waals surface area contributed by atoms with E-state index in [9.17, 15) is 4.79 Å². The average Bonchev–Trinajstić information content (AvgIpc) is 3.21. The standard InChI is InChI=1S/C18H20N6O/c1-12-17(22-23-24(12)11-13-6-8-19-9-7-13)21-18(25)16-10-14-4-2-3-5-15(14)20-16/h6-10,20H,2-5,11H2,1H3,(H,21,25). The predicted molar refractivity (Wildman–Crippen MR) is 93.5 cm³/mol. The predicted octanol–water partition coefficient (Wildman–Crippen LogP) is 2.49. The second kappa shape index (κ2) is 6.51. The summed E-state index contributed by atoms with van der Waals surface area (Å²) in [6.45, 7) is 2.49. The number of pyridine rings is 1. The number of anilines is 1. The van der Waals surface area contributed by atoms with E-state index >= 15 is 0 Å². The van der Waals surface area contributed by atoms with Crippen LogP contribution in [-0.4, -0.2) is 30.9 Å². The number of nitrogens with zero attached hydrogens (tertiary/aromatic N) is 4. The number of aryl methyl sites for hydroxylation is 2. The Kier molecular flexibility index (Phi) is 4.05. The molecular formula is C18H20N6O. The zero-order chi connectivity index (χ0) is 17.2. The highest BCUT2D eigenvalue weighted by Gasteiger charge is 2.18. The van der Waals surface area contributed by atoms with Gasteiger partial charge in [-0.15, -0.1) is 5.10 Å². The van der Waals surface area contributed by atoms with Gasteiger partial charge >= 0.3 is 0 Å². The Hall–Kier alpha value is -2.96. The largest absolute Gasteiger partial charge is 0.354 e. The molecule has 0 aliphatic heterocycles. The minimum Gasteiger partial charge on any atom is -0.354 e. The van der Waals surface area contributed by atoms with Crippen LogP contribution in [0, 0.1) is 6.92 Å². The van der Waals surface area contributed by atoms with Crippen molar-refractivity contribution in [3.63, 3.8) is 0 Å². The normalized spacial score (nSPS) is 13.5. The molecule has 0 spiro atoms. The number of H-pyrrole nitrogens is 1. The molecule has 7 nitrogen and oxygen atoms in total. The van der Waals surface area contributed by atoms with E-state index in [1.165, 1.54) is 24.1 Å². The maximum atomic E-state index is 12.5. The van der Waals surface area contributed by atoms with Crippen molar-refractivity contribution in [3.8, 4) is 0 Å². The van der Waals surface area contributed by atoms with E-state index < -0.39 is 0 Å². The highest BCUT2D eigenvalue weighted by atomic mass is 16.2. The van der Waals surface area contributed by atoms with Gasteiger partial charge in [0.25, 0.3) is 5.91 Å². The summed E-state index contributed by atoms with van der Waals surface area (Å²) in [7, 11) is 0. The van der Waals surface area contributed by atoms with Crippen molar-refractivity contribution in [1.82, 2.24) is 25.0 Å². The summed E-state index contributed by atoms with van der Waals surface area (Å²) in [5.41, 5.74) is 4.94. The van der Waals surface area contributed by atoms with Crippen LogP contribution in [0.4, 0.5) is 5.82 Å². The first-order chi connectivity index (χ1) is 12.2. The van der Waals surface area contributed by atoms with E-state index in [4.69, 9.17) is 0 Å². The fourth-order valence-corrected chi connectivity index (χ4v) is 3.19. The lowest BCUT2D eigenvalue weighted by molar-refractivity contribution is 0.102. The molecule has 0 aromatic carbocycles. The van der Waals surface area contributed by atoms with Gasteiger partial charge in [-0.3, -0.25) is 9.78 Å². The first-order valence-electron chi connectivity index (χ1n) is 8.52. The van der Waals surface area contributed by atoms with E-state index in [0.29, 0.717) is 18.1 Å². The Bertz CT molecular complexity index is 872. The number of amides is 1. The highest BCUT2D eigenvalue weighted by molar-refractivity contribution is 6.02. The number of hydrogen-bond donors (Lipinski definition) is 2. The Balaban J connectivity index is 1.49. The fourth-order valence-electron chi connectivity index (χ4n) is 3.19. The molecule has 4 rings (SSSR count). The van der Waals surface area contributed by atoms with Crippen LogP contribution in [0.15, 0.2) is 30.6 Å². The van der Waals surface area contributed by atoms with Gasteiger partial charge in [-0.25, -0.2) is 4.68 Å². The van der Waals surface area contributed by atoms with Crippen LogP contribution in [0.1, 0.15) is 45.8 Å². The number of rotatable bonds is 4. The van der Waals surface area contributed by atoms with Gasteiger partial charge in [0.1, 0.15) is 5.69 Å². The van der Waals surface area contributed by atoms with Gasteiger partial charge in [-0.05, 0) is 61.9 Å². The highest BCUT2D eigenvalue weighted by Crippen LogP contribution is 2.22. The quantitative estimate of drug-likeness (QED) is 0.766. The third-order valence-electron chi connectivity index (χ3n) is 4.66. The number of hydrogen-bond acceptors (Lipinski definition) is 4. The van der Waals surface area contributed by atoms with Crippen molar-refractivity contribution in [2.45, 2.75) is 39.2 Å². The molecule has 1 aliphatic carbocycles. The van der Waals surface area contributed by atoms with Crippen LogP contribution in [0.2, 0.25) is 0 Å². The minimum atomic E-state index is -0.173. The molecule has 0 atom stereocenters. The second-order valence-corrected chi connectivity index (χ2v) is 6.38.